The molecule has 0 bridgehead atoms. The molecular weight excluding hydrogens is 270 g/mol. The highest BCUT2D eigenvalue weighted by atomic mass is 15.0. The van der Waals surface area contributed by atoms with Gasteiger partial charge in [-0.05, 0) is 31.4 Å². The molecule has 0 heterocycles. The summed E-state index contributed by atoms with van der Waals surface area (Å²) < 4.78 is 0. The molecule has 0 unspecified atom stereocenters. The molecule has 22 heavy (non-hydrogen) atoms. The molecule has 0 aliphatic rings. The predicted octanol–water partition coefficient (Wildman–Crippen LogP) is 4.91. The average Bonchev–Trinajstić information content (AvgIpc) is 2.52. The molecule has 0 amide bonds. The van der Waals surface area contributed by atoms with Crippen molar-refractivity contribution >= 4 is 17.6 Å². The summed E-state index contributed by atoms with van der Waals surface area (Å²) in [5.41, 5.74) is 4.03. The van der Waals surface area contributed by atoms with E-state index in [1.807, 2.05) is 13.0 Å². The minimum Gasteiger partial charge on any atom is -0.378 e. The molecule has 3 nitrogen and oxygen atoms in total. The summed E-state index contributed by atoms with van der Waals surface area (Å²) in [6.07, 6.45) is 4.12. The van der Waals surface area contributed by atoms with Crippen LogP contribution in [0.4, 0.5) is 0 Å². The van der Waals surface area contributed by atoms with Crippen LogP contribution in [0.25, 0.3) is 6.08 Å². The van der Waals surface area contributed by atoms with Gasteiger partial charge in [-0.2, -0.15) is 0 Å². The van der Waals surface area contributed by atoms with Crippen LogP contribution in [0.15, 0.2) is 65.9 Å². The summed E-state index contributed by atoms with van der Waals surface area (Å²) in [6, 6.07) is 8.45. The summed E-state index contributed by atoms with van der Waals surface area (Å²) in [4.78, 5) is 8.54. The van der Waals surface area contributed by atoms with Crippen molar-refractivity contribution in [3.05, 3.63) is 67.0 Å². The van der Waals surface area contributed by atoms with Crippen molar-refractivity contribution in [1.29, 1.82) is 0 Å². The van der Waals surface area contributed by atoms with E-state index in [9.17, 15) is 0 Å². The zero-order valence-electron chi connectivity index (χ0n) is 13.8. The minimum absolute atomic E-state index is 0.153. The van der Waals surface area contributed by atoms with Crippen LogP contribution in [-0.4, -0.2) is 11.5 Å². The monoisotopic (exact) mass is 295 g/mol. The Morgan fingerprint density at radius 3 is 2.41 bits per heavy atom. The third kappa shape index (κ3) is 5.17. The third-order valence-electron chi connectivity index (χ3n) is 3.32. The Balaban J connectivity index is 2.82. The van der Waals surface area contributed by atoms with E-state index in [-0.39, 0.29) is 6.04 Å². The van der Waals surface area contributed by atoms with Crippen molar-refractivity contribution < 1.29 is 0 Å². The first-order chi connectivity index (χ1) is 10.5. The zero-order valence-corrected chi connectivity index (χ0v) is 13.8. The molecule has 1 rings (SSSR count). The Labute approximate surface area is 133 Å². The first-order valence-corrected chi connectivity index (χ1v) is 7.42. The molecule has 0 saturated heterocycles. The highest BCUT2D eigenvalue weighted by Gasteiger charge is 2.09. The number of nitrogens with zero attached hydrogens (tertiary/aromatic N) is 2. The molecule has 0 saturated carbocycles. The van der Waals surface area contributed by atoms with Gasteiger partial charge in [-0.15, -0.1) is 0 Å². The van der Waals surface area contributed by atoms with Gasteiger partial charge in [0.1, 0.15) is 5.84 Å². The van der Waals surface area contributed by atoms with Crippen molar-refractivity contribution in [3.8, 4) is 0 Å². The molecule has 3 heteroatoms. The van der Waals surface area contributed by atoms with E-state index < -0.39 is 0 Å². The fraction of sp³-hybridized carbons (Fsp3) is 0.263. The number of nitrogens with one attached hydrogen (secondary N) is 1. The van der Waals surface area contributed by atoms with Gasteiger partial charge >= 0.3 is 0 Å². The van der Waals surface area contributed by atoms with Gasteiger partial charge in [-0.1, -0.05) is 57.0 Å². The number of rotatable bonds is 7. The lowest BCUT2D eigenvalue weighted by Crippen LogP contribution is -2.23. The van der Waals surface area contributed by atoms with Gasteiger partial charge < -0.3 is 5.32 Å². The molecule has 1 aromatic rings. The van der Waals surface area contributed by atoms with Gasteiger partial charge in [-0.25, -0.2) is 9.98 Å². The number of hydrogen-bond acceptors (Lipinski definition) is 2. The molecule has 0 spiro atoms. The van der Waals surface area contributed by atoms with Crippen LogP contribution in [0.5, 0.6) is 0 Å². The van der Waals surface area contributed by atoms with E-state index in [4.69, 9.17) is 0 Å². The normalized spacial score (nSPS) is 13.4. The lowest BCUT2D eigenvalue weighted by atomic mass is 10.1. The quantitative estimate of drug-likeness (QED) is 0.563. The summed E-state index contributed by atoms with van der Waals surface area (Å²) in [5.74, 6) is 0.679. The van der Waals surface area contributed by atoms with E-state index in [0.717, 1.165) is 23.4 Å². The Kier molecular flexibility index (Phi) is 7.03. The molecule has 0 aliphatic carbocycles. The minimum atomic E-state index is 0.153. The third-order valence-corrected chi connectivity index (χ3v) is 3.32. The molecule has 0 radical (unpaired) electrons. The van der Waals surface area contributed by atoms with Crippen molar-refractivity contribution in [1.82, 2.24) is 5.32 Å². The molecule has 0 aromatic heterocycles. The number of benzene rings is 1. The summed E-state index contributed by atoms with van der Waals surface area (Å²) >= 11 is 0. The highest BCUT2D eigenvalue weighted by Crippen LogP contribution is 2.16. The van der Waals surface area contributed by atoms with E-state index in [2.05, 4.69) is 73.2 Å². The second-order valence-corrected chi connectivity index (χ2v) is 4.99. The maximum atomic E-state index is 4.48. The maximum absolute atomic E-state index is 4.48. The van der Waals surface area contributed by atoms with Crippen LogP contribution < -0.4 is 5.32 Å². The Morgan fingerprint density at radius 1 is 1.27 bits per heavy atom. The Bertz CT molecular complexity index is 592. The fourth-order valence-electron chi connectivity index (χ4n) is 2.06. The van der Waals surface area contributed by atoms with Gasteiger partial charge in [0, 0.05) is 17.9 Å². The van der Waals surface area contributed by atoms with Gasteiger partial charge in [0.15, 0.2) is 0 Å². The van der Waals surface area contributed by atoms with Crippen molar-refractivity contribution in [2.24, 2.45) is 9.98 Å². The topological polar surface area (TPSA) is 36.8 Å². The van der Waals surface area contributed by atoms with E-state index >= 15 is 0 Å². The van der Waals surface area contributed by atoms with Gasteiger partial charge in [0.05, 0.1) is 5.71 Å². The molecule has 0 fully saturated rings. The smallest absolute Gasteiger partial charge is 0.125 e. The molecule has 1 atom stereocenters. The number of aliphatic imine (C=N–C) groups is 2. The van der Waals surface area contributed by atoms with E-state index in [1.165, 1.54) is 11.8 Å². The highest BCUT2D eigenvalue weighted by molar-refractivity contribution is 6.06. The summed E-state index contributed by atoms with van der Waals surface area (Å²) in [5, 5.41) is 3.40. The summed E-state index contributed by atoms with van der Waals surface area (Å²) in [7, 11) is 0. The van der Waals surface area contributed by atoms with E-state index in [1.54, 1.807) is 0 Å². The molecule has 0 aliphatic heterocycles. The van der Waals surface area contributed by atoms with Gasteiger partial charge in [-0.3, -0.25) is 0 Å². The van der Waals surface area contributed by atoms with Crippen LogP contribution in [-0.2, 0) is 0 Å². The van der Waals surface area contributed by atoms with Gasteiger partial charge in [0.25, 0.3) is 0 Å². The SMILES string of the molecule is C=CN=C(C)N=C(CC)C(=C)N[C@@H](C)c1ccc(C=C)cc1. The van der Waals surface area contributed by atoms with Crippen molar-refractivity contribution in [2.45, 2.75) is 33.2 Å². The predicted molar refractivity (Wildman–Crippen MR) is 98.3 cm³/mol. The van der Waals surface area contributed by atoms with E-state index in [0.29, 0.717) is 5.84 Å². The number of amidine groups is 1. The first kappa shape index (κ1) is 17.6. The first-order valence-electron chi connectivity index (χ1n) is 7.42. The maximum Gasteiger partial charge on any atom is 0.125 e. The zero-order chi connectivity index (χ0) is 16.5. The summed E-state index contributed by atoms with van der Waals surface area (Å²) in [6.45, 7) is 17.4. The standard InChI is InChI=1S/C19H25N3/c1-7-17-10-12-18(13-11-17)14(4)21-15(5)19(8-2)22-16(6)20-9-3/h7,9-14,21H,1,3,5,8H2,2,4,6H3/t14-/m0/s1. The molecule has 116 valence electrons. The molecule has 1 aromatic carbocycles. The molecule has 1 N–H and O–H groups in total. The van der Waals surface area contributed by atoms with Crippen LogP contribution in [0.2, 0.25) is 0 Å². The van der Waals surface area contributed by atoms with Crippen molar-refractivity contribution in [2.75, 3.05) is 0 Å². The Hall–Kier alpha value is -2.42. The molecular formula is C19H25N3. The van der Waals surface area contributed by atoms with Crippen LogP contribution in [0.1, 0.15) is 44.4 Å². The van der Waals surface area contributed by atoms with Crippen LogP contribution >= 0.6 is 0 Å². The fourth-order valence-corrected chi connectivity index (χ4v) is 2.06. The van der Waals surface area contributed by atoms with Crippen LogP contribution in [0, 0.1) is 0 Å². The average molecular weight is 295 g/mol. The van der Waals surface area contributed by atoms with Crippen LogP contribution in [0.3, 0.4) is 0 Å². The lowest BCUT2D eigenvalue weighted by molar-refractivity contribution is 0.671. The number of hydrogen-bond donors (Lipinski definition) is 1. The second kappa shape index (κ2) is 8.78. The Morgan fingerprint density at radius 2 is 1.91 bits per heavy atom. The van der Waals surface area contributed by atoms with Gasteiger partial charge in [0.2, 0.25) is 0 Å². The van der Waals surface area contributed by atoms with Crippen molar-refractivity contribution in [3.63, 3.8) is 0 Å². The second-order valence-electron chi connectivity index (χ2n) is 4.99. The largest absolute Gasteiger partial charge is 0.378 e. The lowest BCUT2D eigenvalue weighted by Gasteiger charge is -2.18. The number of allylic oxidation sites excluding steroid dienone is 1.